The van der Waals surface area contributed by atoms with Crippen molar-refractivity contribution in [3.05, 3.63) is 33.1 Å². The zero-order valence-electron chi connectivity index (χ0n) is 9.84. The van der Waals surface area contributed by atoms with Gasteiger partial charge in [0.1, 0.15) is 0 Å². The van der Waals surface area contributed by atoms with Crippen molar-refractivity contribution >= 4 is 0 Å². The third-order valence-electron chi connectivity index (χ3n) is 2.07. The fraction of sp³-hybridized carbons (Fsp3) is 0.600. The molecule has 0 spiro atoms. The van der Waals surface area contributed by atoms with E-state index in [2.05, 4.69) is 4.98 Å². The second-order valence-corrected chi connectivity index (χ2v) is 3.29. The number of methoxy groups -OCH3 is 2. The number of hydrogen-bond acceptors (Lipinski definition) is 5. The molecule has 1 heterocycles. The number of hydrogen-bond donors (Lipinski definition) is 1. The number of rotatable bonds is 7. The van der Waals surface area contributed by atoms with Crippen LogP contribution in [0.3, 0.4) is 0 Å². The highest BCUT2D eigenvalue weighted by atomic mass is 16.6. The fourth-order valence-electron chi connectivity index (χ4n) is 1.27. The van der Waals surface area contributed by atoms with Gasteiger partial charge in [-0.3, -0.25) is 14.3 Å². The molecular weight excluding hydrogens is 228 g/mol. The highest BCUT2D eigenvalue weighted by Crippen LogP contribution is 2.04. The topological polar surface area (TPSA) is 82.6 Å². The van der Waals surface area contributed by atoms with Gasteiger partial charge in [0.05, 0.1) is 19.8 Å². The van der Waals surface area contributed by atoms with Gasteiger partial charge in [-0.15, -0.1) is 0 Å². The van der Waals surface area contributed by atoms with Gasteiger partial charge in [0, 0.05) is 26.5 Å². The molecule has 1 N–H and O–H groups in total. The quantitative estimate of drug-likeness (QED) is 0.644. The van der Waals surface area contributed by atoms with Crippen LogP contribution in [-0.2, 0) is 14.2 Å². The Bertz CT molecular complexity index is 439. The summed E-state index contributed by atoms with van der Waals surface area (Å²) in [4.78, 5) is 24.6. The van der Waals surface area contributed by atoms with Crippen LogP contribution in [0.2, 0.25) is 0 Å². The zero-order valence-corrected chi connectivity index (χ0v) is 9.84. The van der Waals surface area contributed by atoms with E-state index in [9.17, 15) is 9.59 Å². The number of aromatic nitrogens is 2. The maximum Gasteiger partial charge on any atom is 0.330 e. The first-order valence-corrected chi connectivity index (χ1v) is 5.10. The van der Waals surface area contributed by atoms with Gasteiger partial charge in [-0.05, 0) is 0 Å². The minimum atomic E-state index is -0.584. The van der Waals surface area contributed by atoms with Crippen LogP contribution in [0.1, 0.15) is 6.23 Å². The molecule has 0 aliphatic heterocycles. The number of nitrogens with zero attached hydrogens (tertiary/aromatic N) is 1. The van der Waals surface area contributed by atoms with E-state index < -0.39 is 17.5 Å². The van der Waals surface area contributed by atoms with Crippen molar-refractivity contribution in [2.24, 2.45) is 0 Å². The highest BCUT2D eigenvalue weighted by Gasteiger charge is 2.12. The molecule has 7 nitrogen and oxygen atoms in total. The summed E-state index contributed by atoms with van der Waals surface area (Å²) in [5.41, 5.74) is -0.976. The summed E-state index contributed by atoms with van der Waals surface area (Å²) in [5, 5.41) is 0. The third-order valence-corrected chi connectivity index (χ3v) is 2.07. The van der Waals surface area contributed by atoms with Crippen LogP contribution in [0.25, 0.3) is 0 Å². The van der Waals surface area contributed by atoms with Crippen LogP contribution in [0.4, 0.5) is 0 Å². The molecule has 0 amide bonds. The average molecular weight is 244 g/mol. The second-order valence-electron chi connectivity index (χ2n) is 3.29. The average Bonchev–Trinajstić information content (AvgIpc) is 2.28. The first-order valence-electron chi connectivity index (χ1n) is 5.10. The van der Waals surface area contributed by atoms with Gasteiger partial charge < -0.3 is 14.2 Å². The molecule has 0 aliphatic rings. The number of aromatic amines is 1. The smallest absolute Gasteiger partial charge is 0.330 e. The Morgan fingerprint density at radius 1 is 1.29 bits per heavy atom. The summed E-state index contributed by atoms with van der Waals surface area (Å²) in [6.07, 6.45) is 0.789. The van der Waals surface area contributed by atoms with Crippen LogP contribution in [0.5, 0.6) is 0 Å². The lowest BCUT2D eigenvalue weighted by atomic mass is 10.5. The van der Waals surface area contributed by atoms with Gasteiger partial charge in [-0.25, -0.2) is 4.79 Å². The fourth-order valence-corrected chi connectivity index (χ4v) is 1.27. The summed E-state index contributed by atoms with van der Waals surface area (Å²) >= 11 is 0. The summed E-state index contributed by atoms with van der Waals surface area (Å²) in [5.74, 6) is 0. The van der Waals surface area contributed by atoms with E-state index in [0.717, 1.165) is 0 Å². The largest absolute Gasteiger partial charge is 0.382 e. The van der Waals surface area contributed by atoms with Gasteiger partial charge in [0.15, 0.2) is 6.23 Å². The standard InChI is InChI=1S/C10H16N2O5/c1-15-5-6-17-9(7-16-2)12-4-3-8(13)11-10(12)14/h3-4,9H,5-7H2,1-2H3,(H,11,13,14). The van der Waals surface area contributed by atoms with Crippen LogP contribution in [-0.4, -0.2) is 43.6 Å². The van der Waals surface area contributed by atoms with E-state index in [0.29, 0.717) is 13.2 Å². The van der Waals surface area contributed by atoms with Crippen molar-refractivity contribution in [2.45, 2.75) is 6.23 Å². The number of H-pyrrole nitrogens is 1. The maximum absolute atomic E-state index is 11.5. The van der Waals surface area contributed by atoms with E-state index in [1.165, 1.54) is 23.9 Å². The van der Waals surface area contributed by atoms with Gasteiger partial charge in [0.2, 0.25) is 0 Å². The zero-order chi connectivity index (χ0) is 12.7. The van der Waals surface area contributed by atoms with E-state index in [4.69, 9.17) is 14.2 Å². The maximum atomic E-state index is 11.5. The Morgan fingerprint density at radius 2 is 2.06 bits per heavy atom. The molecule has 0 saturated heterocycles. The predicted octanol–water partition coefficient (Wildman–Crippen LogP) is -0.655. The molecule has 96 valence electrons. The summed E-state index contributed by atoms with van der Waals surface area (Å²) in [6.45, 7) is 0.948. The van der Waals surface area contributed by atoms with Crippen LogP contribution < -0.4 is 11.2 Å². The molecule has 1 aromatic rings. The van der Waals surface area contributed by atoms with Crippen molar-refractivity contribution in [1.29, 1.82) is 0 Å². The first-order chi connectivity index (χ1) is 8.19. The molecule has 0 bridgehead atoms. The molecule has 0 saturated carbocycles. The monoisotopic (exact) mass is 244 g/mol. The van der Waals surface area contributed by atoms with Crippen molar-refractivity contribution in [1.82, 2.24) is 9.55 Å². The molecule has 1 rings (SSSR count). The van der Waals surface area contributed by atoms with Crippen LogP contribution in [0.15, 0.2) is 21.9 Å². The Hall–Kier alpha value is -1.44. The lowest BCUT2D eigenvalue weighted by Crippen LogP contribution is -2.34. The first kappa shape index (κ1) is 13.6. The van der Waals surface area contributed by atoms with Gasteiger partial charge in [-0.2, -0.15) is 0 Å². The van der Waals surface area contributed by atoms with Crippen molar-refractivity contribution in [3.63, 3.8) is 0 Å². The van der Waals surface area contributed by atoms with E-state index in [1.54, 1.807) is 7.11 Å². The molecule has 0 fully saturated rings. The highest BCUT2D eigenvalue weighted by molar-refractivity contribution is 4.84. The molecule has 0 radical (unpaired) electrons. The van der Waals surface area contributed by atoms with E-state index in [-0.39, 0.29) is 6.61 Å². The molecule has 0 aromatic carbocycles. The molecule has 0 aliphatic carbocycles. The normalized spacial score (nSPS) is 12.6. The second kappa shape index (κ2) is 7.00. The van der Waals surface area contributed by atoms with Crippen LogP contribution in [0, 0.1) is 0 Å². The molecule has 1 aromatic heterocycles. The van der Waals surface area contributed by atoms with Gasteiger partial charge >= 0.3 is 5.69 Å². The van der Waals surface area contributed by atoms with Gasteiger partial charge in [-0.1, -0.05) is 0 Å². The molecule has 1 atom stereocenters. The minimum absolute atomic E-state index is 0.204. The Balaban J connectivity index is 2.81. The third kappa shape index (κ3) is 4.14. The summed E-state index contributed by atoms with van der Waals surface area (Å²) < 4.78 is 16.5. The van der Waals surface area contributed by atoms with Crippen molar-refractivity contribution < 1.29 is 14.2 Å². The molecule has 1 unspecified atom stereocenters. The Kier molecular flexibility index (Phi) is 5.61. The Labute approximate surface area is 97.9 Å². The lowest BCUT2D eigenvalue weighted by Gasteiger charge is -2.18. The van der Waals surface area contributed by atoms with Crippen molar-refractivity contribution in [3.8, 4) is 0 Å². The summed E-state index contributed by atoms with van der Waals surface area (Å²) in [7, 11) is 3.06. The van der Waals surface area contributed by atoms with Gasteiger partial charge in [0.25, 0.3) is 5.56 Å². The molecule has 7 heteroatoms. The summed E-state index contributed by atoms with van der Waals surface area (Å²) in [6, 6.07) is 1.25. The number of nitrogens with one attached hydrogen (secondary N) is 1. The number of ether oxygens (including phenoxy) is 3. The van der Waals surface area contributed by atoms with Crippen LogP contribution >= 0.6 is 0 Å². The SMILES string of the molecule is COCCOC(COC)n1ccc(=O)[nH]c1=O. The predicted molar refractivity (Wildman–Crippen MR) is 60.1 cm³/mol. The van der Waals surface area contributed by atoms with E-state index in [1.807, 2.05) is 0 Å². The van der Waals surface area contributed by atoms with Crippen molar-refractivity contribution in [2.75, 3.05) is 34.0 Å². The lowest BCUT2D eigenvalue weighted by molar-refractivity contribution is -0.0631. The molecule has 17 heavy (non-hydrogen) atoms. The molecular formula is C10H16N2O5. The minimum Gasteiger partial charge on any atom is -0.382 e. The Morgan fingerprint density at radius 3 is 2.65 bits per heavy atom. The van der Waals surface area contributed by atoms with E-state index >= 15 is 0 Å².